The van der Waals surface area contributed by atoms with Crippen LogP contribution in [0.15, 0.2) is 47.7 Å². The van der Waals surface area contributed by atoms with Crippen molar-refractivity contribution in [3.8, 4) is 5.75 Å². The number of piperazine rings is 1. The lowest BCUT2D eigenvalue weighted by Crippen LogP contribution is -2.49. The van der Waals surface area contributed by atoms with Crippen LogP contribution in [0.2, 0.25) is 0 Å². The molecule has 1 aliphatic rings. The number of nitrogens with zero attached hydrogens (tertiary/aromatic N) is 6. The highest BCUT2D eigenvalue weighted by atomic mass is 16.5. The maximum absolute atomic E-state index is 5.51. The lowest BCUT2D eigenvalue weighted by atomic mass is 10.2. The lowest BCUT2D eigenvalue weighted by Gasteiger charge is -2.34. The molecule has 8 nitrogen and oxygen atoms in total. The van der Waals surface area contributed by atoms with Gasteiger partial charge >= 0.3 is 0 Å². The van der Waals surface area contributed by atoms with Gasteiger partial charge in [0.25, 0.3) is 0 Å². The van der Waals surface area contributed by atoms with Crippen LogP contribution in [0.4, 0.5) is 5.95 Å². The zero-order valence-corrected chi connectivity index (χ0v) is 18.3. The topological polar surface area (TPSA) is 69.1 Å². The first-order chi connectivity index (χ1) is 14.7. The minimum atomic E-state index is 0.685. The van der Waals surface area contributed by atoms with E-state index in [-0.39, 0.29) is 0 Å². The molecule has 1 N–H and O–H groups in total. The Balaban J connectivity index is 1.39. The highest BCUT2D eigenvalue weighted by Crippen LogP contribution is 2.13. The molecule has 0 unspecified atom stereocenters. The SMILES string of the molecule is CCOc1ccc(CN(C)C(=NC)NCCN2CCN(c3ncccn3)CC2)cc1. The molecule has 8 heteroatoms. The van der Waals surface area contributed by atoms with Crippen molar-refractivity contribution >= 4 is 11.9 Å². The van der Waals surface area contributed by atoms with Crippen molar-refractivity contribution in [2.24, 2.45) is 4.99 Å². The molecule has 1 aromatic carbocycles. The standard InChI is InChI=1S/C22H33N7O/c1-4-30-20-8-6-19(7-9-20)18-27(3)21(23-2)26-12-13-28-14-16-29(17-15-28)22-24-10-5-11-25-22/h5-11H,4,12-18H2,1-3H3,(H,23,26). The average molecular weight is 412 g/mol. The molecule has 0 atom stereocenters. The van der Waals surface area contributed by atoms with E-state index in [0.29, 0.717) is 6.61 Å². The summed E-state index contributed by atoms with van der Waals surface area (Å²) >= 11 is 0. The first-order valence-corrected chi connectivity index (χ1v) is 10.6. The number of benzene rings is 1. The maximum Gasteiger partial charge on any atom is 0.225 e. The molecular formula is C22H33N7O. The van der Waals surface area contributed by atoms with E-state index in [1.807, 2.05) is 32.2 Å². The summed E-state index contributed by atoms with van der Waals surface area (Å²) in [5, 5.41) is 3.48. The largest absolute Gasteiger partial charge is 0.494 e. The molecule has 1 fully saturated rings. The Morgan fingerprint density at radius 1 is 1.13 bits per heavy atom. The summed E-state index contributed by atoms with van der Waals surface area (Å²) in [5.41, 5.74) is 1.23. The van der Waals surface area contributed by atoms with Crippen molar-refractivity contribution in [1.29, 1.82) is 0 Å². The molecule has 0 amide bonds. The zero-order chi connectivity index (χ0) is 21.2. The maximum atomic E-state index is 5.51. The van der Waals surface area contributed by atoms with Crippen LogP contribution in [-0.2, 0) is 6.54 Å². The highest BCUT2D eigenvalue weighted by Gasteiger charge is 2.18. The van der Waals surface area contributed by atoms with Gasteiger partial charge in [-0.3, -0.25) is 9.89 Å². The summed E-state index contributed by atoms with van der Waals surface area (Å²) in [6.07, 6.45) is 3.60. The third-order valence-corrected chi connectivity index (χ3v) is 5.15. The van der Waals surface area contributed by atoms with Crippen molar-refractivity contribution in [3.05, 3.63) is 48.3 Å². The van der Waals surface area contributed by atoms with Gasteiger partial charge < -0.3 is 19.9 Å². The first kappa shape index (κ1) is 21.8. The Labute approximate surface area is 179 Å². The van der Waals surface area contributed by atoms with Gasteiger partial charge in [-0.05, 0) is 30.7 Å². The third-order valence-electron chi connectivity index (χ3n) is 5.15. The molecule has 0 aliphatic carbocycles. The van der Waals surface area contributed by atoms with E-state index in [0.717, 1.165) is 63.5 Å². The van der Waals surface area contributed by atoms with E-state index in [4.69, 9.17) is 4.74 Å². The van der Waals surface area contributed by atoms with Crippen LogP contribution in [0.5, 0.6) is 5.75 Å². The van der Waals surface area contributed by atoms with Crippen molar-refractivity contribution < 1.29 is 4.74 Å². The van der Waals surface area contributed by atoms with E-state index in [1.54, 1.807) is 12.4 Å². The number of rotatable bonds is 8. The first-order valence-electron chi connectivity index (χ1n) is 10.6. The Bertz CT molecular complexity index is 774. The molecular weight excluding hydrogens is 378 g/mol. The Kier molecular flexibility index (Phi) is 8.26. The number of anilines is 1. The van der Waals surface area contributed by atoms with Crippen molar-refractivity contribution in [2.75, 3.05) is 64.9 Å². The lowest BCUT2D eigenvalue weighted by molar-refractivity contribution is 0.259. The van der Waals surface area contributed by atoms with E-state index >= 15 is 0 Å². The predicted octanol–water partition coefficient (Wildman–Crippen LogP) is 1.70. The van der Waals surface area contributed by atoms with Crippen molar-refractivity contribution in [3.63, 3.8) is 0 Å². The molecule has 0 spiro atoms. The van der Waals surface area contributed by atoms with Gasteiger partial charge in [0, 0.05) is 72.3 Å². The normalized spacial score (nSPS) is 15.2. The average Bonchev–Trinajstić information content (AvgIpc) is 2.79. The predicted molar refractivity (Wildman–Crippen MR) is 121 cm³/mol. The fourth-order valence-corrected chi connectivity index (χ4v) is 3.54. The van der Waals surface area contributed by atoms with Crippen LogP contribution in [0.25, 0.3) is 0 Å². The number of hydrogen-bond acceptors (Lipinski definition) is 6. The molecule has 1 aliphatic heterocycles. The summed E-state index contributed by atoms with van der Waals surface area (Å²) < 4.78 is 5.51. The summed E-state index contributed by atoms with van der Waals surface area (Å²) in [6, 6.07) is 10.1. The second-order valence-electron chi connectivity index (χ2n) is 7.28. The van der Waals surface area contributed by atoms with E-state index < -0.39 is 0 Å². The van der Waals surface area contributed by atoms with Crippen LogP contribution < -0.4 is 15.0 Å². The Morgan fingerprint density at radius 3 is 2.47 bits per heavy atom. The quantitative estimate of drug-likeness (QED) is 0.524. The van der Waals surface area contributed by atoms with E-state index in [9.17, 15) is 0 Å². The van der Waals surface area contributed by atoms with Crippen molar-refractivity contribution in [2.45, 2.75) is 13.5 Å². The van der Waals surface area contributed by atoms with Crippen LogP contribution in [-0.4, -0.2) is 85.7 Å². The second-order valence-corrected chi connectivity index (χ2v) is 7.28. The number of aliphatic imine (C=N–C) groups is 1. The molecule has 2 heterocycles. The van der Waals surface area contributed by atoms with Gasteiger partial charge in [-0.1, -0.05) is 12.1 Å². The van der Waals surface area contributed by atoms with Gasteiger partial charge in [-0.2, -0.15) is 0 Å². The minimum absolute atomic E-state index is 0.685. The number of guanidine groups is 1. The summed E-state index contributed by atoms with van der Waals surface area (Å²) in [4.78, 5) is 20.0. The summed E-state index contributed by atoms with van der Waals surface area (Å²) in [7, 11) is 3.89. The molecule has 0 saturated carbocycles. The summed E-state index contributed by atoms with van der Waals surface area (Å²) in [6.45, 7) is 9.26. The Hall–Kier alpha value is -2.87. The summed E-state index contributed by atoms with van der Waals surface area (Å²) in [5.74, 6) is 2.64. The monoisotopic (exact) mass is 411 g/mol. The van der Waals surface area contributed by atoms with Crippen molar-refractivity contribution in [1.82, 2.24) is 25.1 Å². The van der Waals surface area contributed by atoms with Crippen LogP contribution in [0.1, 0.15) is 12.5 Å². The molecule has 30 heavy (non-hydrogen) atoms. The van der Waals surface area contributed by atoms with Gasteiger partial charge in [0.05, 0.1) is 6.61 Å². The molecule has 1 aromatic heterocycles. The van der Waals surface area contributed by atoms with Gasteiger partial charge in [0.1, 0.15) is 5.75 Å². The minimum Gasteiger partial charge on any atom is -0.494 e. The highest BCUT2D eigenvalue weighted by molar-refractivity contribution is 5.79. The van der Waals surface area contributed by atoms with Gasteiger partial charge in [0.15, 0.2) is 5.96 Å². The smallest absolute Gasteiger partial charge is 0.225 e. The number of hydrogen-bond donors (Lipinski definition) is 1. The Morgan fingerprint density at radius 2 is 1.83 bits per heavy atom. The fourth-order valence-electron chi connectivity index (χ4n) is 3.54. The molecule has 3 rings (SSSR count). The van der Waals surface area contributed by atoms with E-state index in [1.165, 1.54) is 5.56 Å². The molecule has 2 aromatic rings. The van der Waals surface area contributed by atoms with Crippen LogP contribution >= 0.6 is 0 Å². The fraction of sp³-hybridized carbons (Fsp3) is 0.500. The van der Waals surface area contributed by atoms with Gasteiger partial charge in [-0.15, -0.1) is 0 Å². The third kappa shape index (κ3) is 6.32. The molecule has 162 valence electrons. The second kappa shape index (κ2) is 11.3. The molecule has 1 saturated heterocycles. The molecule has 0 radical (unpaired) electrons. The number of aromatic nitrogens is 2. The zero-order valence-electron chi connectivity index (χ0n) is 18.3. The van der Waals surface area contributed by atoms with E-state index in [2.05, 4.69) is 54.2 Å². The van der Waals surface area contributed by atoms with Gasteiger partial charge in [0.2, 0.25) is 5.95 Å². The number of nitrogens with one attached hydrogen (secondary N) is 1. The number of ether oxygens (including phenoxy) is 1. The van der Waals surface area contributed by atoms with Gasteiger partial charge in [-0.25, -0.2) is 9.97 Å². The van der Waals surface area contributed by atoms with Crippen LogP contribution in [0.3, 0.4) is 0 Å². The van der Waals surface area contributed by atoms with Crippen LogP contribution in [0, 0.1) is 0 Å². The molecule has 0 bridgehead atoms.